The minimum Gasteiger partial charge on any atom is -0.411 e. The van der Waals surface area contributed by atoms with Crippen LogP contribution < -0.4 is 0 Å². The number of fused-ring (bicyclic) bond motifs is 5. The summed E-state index contributed by atoms with van der Waals surface area (Å²) in [6, 6.07) is 0. The second-order valence-corrected chi connectivity index (χ2v) is 10.3. The summed E-state index contributed by atoms with van der Waals surface area (Å²) in [5.41, 5.74) is 3.90. The van der Waals surface area contributed by atoms with Gasteiger partial charge in [0.2, 0.25) is 0 Å². The van der Waals surface area contributed by atoms with Gasteiger partial charge in [0.25, 0.3) is 0 Å². The van der Waals surface area contributed by atoms with Crippen LogP contribution >= 0.6 is 0 Å². The highest BCUT2D eigenvalue weighted by Crippen LogP contribution is 2.68. The van der Waals surface area contributed by atoms with Crippen LogP contribution in [0.25, 0.3) is 0 Å². The van der Waals surface area contributed by atoms with Crippen LogP contribution in [0.1, 0.15) is 79.1 Å². The third-order valence-electron chi connectivity index (χ3n) is 9.41. The van der Waals surface area contributed by atoms with Crippen molar-refractivity contribution in [2.24, 2.45) is 50.7 Å². The smallest absolute Gasteiger partial charge is 0.0795 e. The largest absolute Gasteiger partial charge is 0.411 e. The molecular weight excluding hydrogens is 336 g/mol. The average molecular weight is 373 g/mol. The van der Waals surface area contributed by atoms with Gasteiger partial charge in [0.05, 0.1) is 11.4 Å². The zero-order valence-corrected chi connectivity index (χ0v) is 17.4. The third-order valence-corrected chi connectivity index (χ3v) is 9.41. The van der Waals surface area contributed by atoms with Gasteiger partial charge >= 0.3 is 0 Å². The molecule has 0 bridgehead atoms. The second kappa shape index (κ2) is 6.63. The topological polar surface area (TPSA) is 65.2 Å². The first-order chi connectivity index (χ1) is 12.9. The van der Waals surface area contributed by atoms with Crippen molar-refractivity contribution in [3.8, 4) is 0 Å². The van der Waals surface area contributed by atoms with E-state index < -0.39 is 0 Å². The van der Waals surface area contributed by atoms with Crippen LogP contribution in [0.15, 0.2) is 22.0 Å². The Labute approximate surface area is 163 Å². The molecular formula is C23H36N2O2. The van der Waals surface area contributed by atoms with E-state index in [2.05, 4.69) is 37.2 Å². The summed E-state index contributed by atoms with van der Waals surface area (Å²) in [5, 5.41) is 25.9. The average Bonchev–Trinajstić information content (AvgIpc) is 2.99. The molecule has 4 aliphatic rings. The zero-order valence-electron chi connectivity index (χ0n) is 17.4. The fourth-order valence-corrected chi connectivity index (χ4v) is 8.11. The molecule has 0 heterocycles. The second-order valence-electron chi connectivity index (χ2n) is 10.3. The number of hydrogen-bond donors (Lipinski definition) is 2. The van der Waals surface area contributed by atoms with Crippen LogP contribution in [-0.4, -0.2) is 21.8 Å². The molecule has 0 aromatic rings. The maximum atomic E-state index is 9.54. The molecule has 0 aliphatic heterocycles. The van der Waals surface area contributed by atoms with E-state index in [-0.39, 0.29) is 10.8 Å². The van der Waals surface area contributed by atoms with Gasteiger partial charge in [0, 0.05) is 5.92 Å². The molecule has 0 aromatic heterocycles. The van der Waals surface area contributed by atoms with E-state index in [0.29, 0.717) is 11.8 Å². The van der Waals surface area contributed by atoms with Crippen molar-refractivity contribution in [3.05, 3.63) is 11.6 Å². The van der Waals surface area contributed by atoms with E-state index in [1.54, 1.807) is 0 Å². The Morgan fingerprint density at radius 3 is 2.59 bits per heavy atom. The Morgan fingerprint density at radius 2 is 1.93 bits per heavy atom. The molecule has 4 nitrogen and oxygen atoms in total. The molecule has 0 saturated heterocycles. The minimum atomic E-state index is 0.276. The Kier molecular flexibility index (Phi) is 4.67. The number of hydrogen-bond acceptors (Lipinski definition) is 4. The van der Waals surface area contributed by atoms with E-state index in [9.17, 15) is 10.4 Å². The van der Waals surface area contributed by atoms with Crippen molar-refractivity contribution in [2.75, 3.05) is 0 Å². The fraction of sp³-hybridized carbons (Fsp3) is 0.826. The van der Waals surface area contributed by atoms with E-state index in [1.165, 1.54) is 37.7 Å². The fourth-order valence-electron chi connectivity index (χ4n) is 8.11. The summed E-state index contributed by atoms with van der Waals surface area (Å²) >= 11 is 0. The summed E-state index contributed by atoms with van der Waals surface area (Å²) in [6.07, 6.45) is 11.6. The molecule has 0 aromatic carbocycles. The molecule has 0 spiro atoms. The first kappa shape index (κ1) is 19.0. The molecule has 150 valence electrons. The number of rotatable bonds is 2. The molecule has 3 saturated carbocycles. The van der Waals surface area contributed by atoms with Gasteiger partial charge in [0.15, 0.2) is 0 Å². The maximum Gasteiger partial charge on any atom is 0.0795 e. The summed E-state index contributed by atoms with van der Waals surface area (Å²) in [6.45, 7) is 9.32. The van der Waals surface area contributed by atoms with Gasteiger partial charge in [-0.05, 0) is 92.4 Å². The lowest BCUT2D eigenvalue weighted by atomic mass is 9.46. The van der Waals surface area contributed by atoms with E-state index in [0.717, 1.165) is 48.4 Å². The predicted octanol–water partition coefficient (Wildman–Crippen LogP) is 5.88. The van der Waals surface area contributed by atoms with Crippen molar-refractivity contribution in [2.45, 2.75) is 79.1 Å². The lowest BCUT2D eigenvalue weighted by Crippen LogP contribution is -2.51. The van der Waals surface area contributed by atoms with Crippen molar-refractivity contribution >= 4 is 11.4 Å². The van der Waals surface area contributed by atoms with Gasteiger partial charge in [0.1, 0.15) is 0 Å². The summed E-state index contributed by atoms with van der Waals surface area (Å²) in [5.74, 6) is 3.36. The molecule has 4 heteroatoms. The van der Waals surface area contributed by atoms with Gasteiger partial charge in [-0.2, -0.15) is 0 Å². The van der Waals surface area contributed by atoms with Crippen LogP contribution in [0.5, 0.6) is 0 Å². The lowest BCUT2D eigenvalue weighted by molar-refractivity contribution is -0.0412. The van der Waals surface area contributed by atoms with E-state index in [1.807, 2.05) is 6.92 Å². The van der Waals surface area contributed by atoms with Gasteiger partial charge in [-0.3, -0.25) is 0 Å². The number of allylic oxidation sites excluding steroid dienone is 2. The highest BCUT2D eigenvalue weighted by atomic mass is 16.4. The molecule has 4 rings (SSSR count). The van der Waals surface area contributed by atoms with Crippen molar-refractivity contribution < 1.29 is 10.4 Å². The van der Waals surface area contributed by atoms with Crippen LogP contribution in [0.4, 0.5) is 0 Å². The summed E-state index contributed by atoms with van der Waals surface area (Å²) < 4.78 is 0. The molecule has 27 heavy (non-hydrogen) atoms. The first-order valence-electron chi connectivity index (χ1n) is 11.0. The molecule has 4 aliphatic carbocycles. The van der Waals surface area contributed by atoms with Crippen LogP contribution in [-0.2, 0) is 0 Å². The van der Waals surface area contributed by atoms with E-state index >= 15 is 0 Å². The summed E-state index contributed by atoms with van der Waals surface area (Å²) in [7, 11) is 0. The van der Waals surface area contributed by atoms with Crippen molar-refractivity contribution in [3.63, 3.8) is 0 Å². The molecule has 0 radical (unpaired) electrons. The molecule has 3 fully saturated rings. The van der Waals surface area contributed by atoms with Crippen LogP contribution in [0, 0.1) is 40.4 Å². The molecule has 7 atom stereocenters. The Hall–Kier alpha value is -1.32. The SMILES string of the molecule is CC[C@@H]1C[C@@H]2[C@@H]3CCC4=C/C(=N\O)CC[C@]4(C)[C@@H]3CC[C@]2(C)[C@H]1/C(C)=N/O. The maximum absolute atomic E-state index is 9.54. The number of oxime groups is 2. The predicted molar refractivity (Wildman–Crippen MR) is 108 cm³/mol. The van der Waals surface area contributed by atoms with Gasteiger partial charge in [-0.1, -0.05) is 43.1 Å². The Balaban J connectivity index is 1.68. The normalized spacial score (nSPS) is 48.6. The lowest BCUT2D eigenvalue weighted by Gasteiger charge is -2.58. The highest BCUT2D eigenvalue weighted by molar-refractivity contribution is 5.96. The monoisotopic (exact) mass is 372 g/mol. The van der Waals surface area contributed by atoms with Crippen molar-refractivity contribution in [1.82, 2.24) is 0 Å². The van der Waals surface area contributed by atoms with Gasteiger partial charge in [-0.15, -0.1) is 0 Å². The Bertz CT molecular complexity index is 696. The van der Waals surface area contributed by atoms with Crippen LogP contribution in [0.3, 0.4) is 0 Å². The first-order valence-corrected chi connectivity index (χ1v) is 11.0. The quantitative estimate of drug-likeness (QED) is 0.361. The zero-order chi connectivity index (χ0) is 19.4. The Morgan fingerprint density at radius 1 is 1.15 bits per heavy atom. The number of nitrogens with zero attached hydrogens (tertiary/aromatic N) is 2. The molecule has 0 amide bonds. The third kappa shape index (κ3) is 2.61. The molecule has 0 unspecified atom stereocenters. The van der Waals surface area contributed by atoms with Crippen molar-refractivity contribution in [1.29, 1.82) is 0 Å². The molecule has 2 N–H and O–H groups in total. The van der Waals surface area contributed by atoms with Gasteiger partial charge < -0.3 is 10.4 Å². The highest BCUT2D eigenvalue weighted by Gasteiger charge is 2.61. The van der Waals surface area contributed by atoms with Crippen LogP contribution in [0.2, 0.25) is 0 Å². The minimum absolute atomic E-state index is 0.276. The van der Waals surface area contributed by atoms with Gasteiger partial charge in [-0.25, -0.2) is 0 Å². The summed E-state index contributed by atoms with van der Waals surface area (Å²) in [4.78, 5) is 0. The van der Waals surface area contributed by atoms with E-state index in [4.69, 9.17) is 0 Å². The standard InChI is InChI=1S/C23H36N2O2/c1-5-15-12-20-18-7-6-16-13-17(25-27)8-10-22(16,3)19(18)9-11-23(20,4)21(15)14(2)24-26/h13,15,18-21,26-27H,5-12H2,1-4H3/b24-14+,25-17-/t15-,18-,19-,20-,21+,22+,23+/m1/s1.